The first-order valence-corrected chi connectivity index (χ1v) is 6.76. The van der Waals surface area contributed by atoms with Crippen LogP contribution >= 0.6 is 0 Å². The third-order valence-electron chi connectivity index (χ3n) is 3.54. The van der Waals surface area contributed by atoms with E-state index in [0.29, 0.717) is 13.0 Å². The quantitative estimate of drug-likeness (QED) is 0.845. The van der Waals surface area contributed by atoms with Gasteiger partial charge in [-0.3, -0.25) is 9.59 Å². The molecular weight excluding hydrogens is 274 g/mol. The Kier molecular flexibility index (Phi) is 4.52. The lowest BCUT2D eigenvalue weighted by Gasteiger charge is -2.34. The topological polar surface area (TPSA) is 99.6 Å². The number of rotatable bonds is 3. The number of aromatic nitrogens is 1. The predicted molar refractivity (Wildman–Crippen MR) is 73.9 cm³/mol. The van der Waals surface area contributed by atoms with E-state index >= 15 is 0 Å². The molecule has 1 saturated heterocycles. The number of aromatic carboxylic acids is 1. The van der Waals surface area contributed by atoms with E-state index in [-0.39, 0.29) is 23.1 Å². The summed E-state index contributed by atoms with van der Waals surface area (Å²) >= 11 is 0. The Morgan fingerprint density at radius 1 is 1.33 bits per heavy atom. The van der Waals surface area contributed by atoms with Gasteiger partial charge in [-0.2, -0.15) is 0 Å². The summed E-state index contributed by atoms with van der Waals surface area (Å²) < 4.78 is 0. The summed E-state index contributed by atoms with van der Waals surface area (Å²) in [5, 5.41) is 11.4. The Morgan fingerprint density at radius 3 is 2.67 bits per heavy atom. The number of carboxylic acid groups (broad SMARTS) is 1. The Hall–Kier alpha value is -2.44. The van der Waals surface area contributed by atoms with Gasteiger partial charge in [-0.05, 0) is 31.4 Å². The van der Waals surface area contributed by atoms with Crippen molar-refractivity contribution in [2.45, 2.75) is 25.3 Å². The highest BCUT2D eigenvalue weighted by atomic mass is 16.4. The van der Waals surface area contributed by atoms with Gasteiger partial charge in [0.15, 0.2) is 0 Å². The molecule has 7 nitrogen and oxygen atoms in total. The van der Waals surface area contributed by atoms with Crippen molar-refractivity contribution < 1.29 is 19.5 Å². The number of amides is 2. The van der Waals surface area contributed by atoms with E-state index in [1.54, 1.807) is 7.05 Å². The van der Waals surface area contributed by atoms with E-state index in [4.69, 9.17) is 5.11 Å². The summed E-state index contributed by atoms with van der Waals surface area (Å²) in [4.78, 5) is 40.3. The van der Waals surface area contributed by atoms with Crippen molar-refractivity contribution in [2.75, 3.05) is 13.6 Å². The third kappa shape index (κ3) is 3.18. The van der Waals surface area contributed by atoms with Crippen LogP contribution in [-0.2, 0) is 4.79 Å². The lowest BCUT2D eigenvalue weighted by Crippen LogP contribution is -2.51. The maximum Gasteiger partial charge on any atom is 0.354 e. The van der Waals surface area contributed by atoms with E-state index in [0.717, 1.165) is 12.8 Å². The summed E-state index contributed by atoms with van der Waals surface area (Å²) in [6.45, 7) is 0.512. The molecule has 1 aromatic rings. The van der Waals surface area contributed by atoms with Crippen LogP contribution in [0.15, 0.2) is 18.3 Å². The van der Waals surface area contributed by atoms with Gasteiger partial charge in [0, 0.05) is 19.8 Å². The first-order chi connectivity index (χ1) is 10.0. The van der Waals surface area contributed by atoms with E-state index < -0.39 is 12.0 Å². The van der Waals surface area contributed by atoms with E-state index in [2.05, 4.69) is 10.3 Å². The largest absolute Gasteiger partial charge is 0.477 e. The van der Waals surface area contributed by atoms with Gasteiger partial charge in [-0.15, -0.1) is 0 Å². The van der Waals surface area contributed by atoms with Crippen molar-refractivity contribution in [2.24, 2.45) is 0 Å². The Bertz CT molecular complexity index is 556. The first-order valence-electron chi connectivity index (χ1n) is 6.76. The molecule has 1 aromatic heterocycles. The van der Waals surface area contributed by atoms with Crippen molar-refractivity contribution >= 4 is 17.8 Å². The number of likely N-dealkylation sites (tertiary alicyclic amines) is 1. The van der Waals surface area contributed by atoms with Gasteiger partial charge in [-0.1, -0.05) is 0 Å². The number of nitrogens with one attached hydrogen (secondary N) is 1. The van der Waals surface area contributed by atoms with Gasteiger partial charge >= 0.3 is 5.97 Å². The van der Waals surface area contributed by atoms with Crippen LogP contribution in [0.25, 0.3) is 0 Å². The molecule has 2 rings (SSSR count). The van der Waals surface area contributed by atoms with Gasteiger partial charge in [-0.25, -0.2) is 9.78 Å². The molecule has 0 aromatic carbocycles. The molecule has 1 atom stereocenters. The number of carboxylic acids is 1. The molecule has 21 heavy (non-hydrogen) atoms. The van der Waals surface area contributed by atoms with Crippen LogP contribution in [-0.4, -0.2) is 52.4 Å². The fourth-order valence-corrected chi connectivity index (χ4v) is 2.43. The molecule has 7 heteroatoms. The van der Waals surface area contributed by atoms with E-state index in [1.165, 1.54) is 23.2 Å². The van der Waals surface area contributed by atoms with Gasteiger partial charge in [0.05, 0.1) is 5.56 Å². The van der Waals surface area contributed by atoms with Crippen LogP contribution in [0.3, 0.4) is 0 Å². The number of hydrogen-bond donors (Lipinski definition) is 2. The predicted octanol–water partition coefficient (Wildman–Crippen LogP) is 0.520. The first kappa shape index (κ1) is 15.0. The van der Waals surface area contributed by atoms with Crippen LogP contribution in [0.4, 0.5) is 0 Å². The molecule has 0 unspecified atom stereocenters. The third-order valence-corrected chi connectivity index (χ3v) is 3.54. The van der Waals surface area contributed by atoms with Crippen LogP contribution in [0.1, 0.15) is 40.1 Å². The Morgan fingerprint density at radius 2 is 2.10 bits per heavy atom. The van der Waals surface area contributed by atoms with Crippen molar-refractivity contribution in [3.63, 3.8) is 0 Å². The summed E-state index contributed by atoms with van der Waals surface area (Å²) in [6.07, 6.45) is 3.62. The van der Waals surface area contributed by atoms with Crippen molar-refractivity contribution in [3.8, 4) is 0 Å². The van der Waals surface area contributed by atoms with Crippen molar-refractivity contribution in [1.82, 2.24) is 15.2 Å². The number of likely N-dealkylation sites (N-methyl/N-ethyl adjacent to an activating group) is 1. The second-order valence-electron chi connectivity index (χ2n) is 4.86. The zero-order valence-corrected chi connectivity index (χ0v) is 11.7. The molecule has 2 N–H and O–H groups in total. The number of carbonyl (C=O) groups excluding carboxylic acids is 2. The van der Waals surface area contributed by atoms with Gasteiger partial charge in [0.1, 0.15) is 11.7 Å². The zero-order valence-electron chi connectivity index (χ0n) is 11.7. The minimum Gasteiger partial charge on any atom is -0.477 e. The highest BCUT2D eigenvalue weighted by Crippen LogP contribution is 2.19. The lowest BCUT2D eigenvalue weighted by atomic mass is 10.0. The summed E-state index contributed by atoms with van der Waals surface area (Å²) in [7, 11) is 1.54. The molecule has 2 amide bonds. The average Bonchev–Trinajstić information content (AvgIpc) is 2.53. The smallest absolute Gasteiger partial charge is 0.354 e. The normalized spacial score (nSPS) is 18.1. The minimum atomic E-state index is -1.14. The molecule has 0 radical (unpaired) electrons. The number of piperidine rings is 1. The van der Waals surface area contributed by atoms with Gasteiger partial charge in [0.2, 0.25) is 5.91 Å². The molecular formula is C14H17N3O4. The minimum absolute atomic E-state index is 0.118. The van der Waals surface area contributed by atoms with Gasteiger partial charge < -0.3 is 15.3 Å². The highest BCUT2D eigenvalue weighted by molar-refractivity contribution is 5.98. The molecule has 1 fully saturated rings. The molecule has 2 heterocycles. The SMILES string of the molecule is CNC(=O)[C@H]1CCCCN1C(=O)c1ccc(C(=O)O)nc1. The van der Waals surface area contributed by atoms with Gasteiger partial charge in [0.25, 0.3) is 5.91 Å². The second-order valence-corrected chi connectivity index (χ2v) is 4.86. The van der Waals surface area contributed by atoms with E-state index in [9.17, 15) is 14.4 Å². The number of hydrogen-bond acceptors (Lipinski definition) is 4. The fourth-order valence-electron chi connectivity index (χ4n) is 2.43. The fraction of sp³-hybridized carbons (Fsp3) is 0.429. The monoisotopic (exact) mass is 291 g/mol. The maximum atomic E-state index is 12.5. The van der Waals surface area contributed by atoms with Crippen LogP contribution in [0, 0.1) is 0 Å². The van der Waals surface area contributed by atoms with Crippen LogP contribution in [0.5, 0.6) is 0 Å². The number of nitrogens with zero attached hydrogens (tertiary/aromatic N) is 2. The number of pyridine rings is 1. The average molecular weight is 291 g/mol. The number of carbonyl (C=O) groups is 3. The molecule has 0 spiro atoms. The van der Waals surface area contributed by atoms with E-state index in [1.807, 2.05) is 0 Å². The lowest BCUT2D eigenvalue weighted by molar-refractivity contribution is -0.126. The second kappa shape index (κ2) is 6.34. The van der Waals surface area contributed by atoms with Crippen LogP contribution in [0.2, 0.25) is 0 Å². The summed E-state index contributed by atoms with van der Waals surface area (Å²) in [5.74, 6) is -1.62. The summed E-state index contributed by atoms with van der Waals surface area (Å²) in [6, 6.07) is 2.23. The van der Waals surface area contributed by atoms with Crippen molar-refractivity contribution in [3.05, 3.63) is 29.6 Å². The van der Waals surface area contributed by atoms with Crippen LogP contribution < -0.4 is 5.32 Å². The molecule has 0 bridgehead atoms. The molecule has 1 aliphatic heterocycles. The Balaban J connectivity index is 2.20. The maximum absolute atomic E-state index is 12.5. The summed E-state index contributed by atoms with van der Waals surface area (Å²) in [5.41, 5.74) is 0.170. The van der Waals surface area contributed by atoms with Crippen molar-refractivity contribution in [1.29, 1.82) is 0 Å². The molecule has 0 saturated carbocycles. The Labute approximate surface area is 122 Å². The zero-order chi connectivity index (χ0) is 15.4. The molecule has 112 valence electrons. The molecule has 0 aliphatic carbocycles. The molecule has 1 aliphatic rings. The highest BCUT2D eigenvalue weighted by Gasteiger charge is 2.32. The standard InChI is InChI=1S/C14H17N3O4/c1-15-12(18)11-4-2-3-7-17(11)13(19)9-5-6-10(14(20)21)16-8-9/h5-6,8,11H,2-4,7H2,1H3,(H,15,18)(H,20,21)/t11-/m1/s1.